The van der Waals surface area contributed by atoms with Gasteiger partial charge in [0.25, 0.3) is 0 Å². The molecule has 1 aromatic carbocycles. The molecule has 0 radical (unpaired) electrons. The Morgan fingerprint density at radius 3 is 2.05 bits per heavy atom. The Balaban J connectivity index is 2.29. The average Bonchev–Trinajstić information content (AvgIpc) is 3.27. The third kappa shape index (κ3) is 2.73. The number of hydrogen-bond acceptors (Lipinski definition) is 5. The molecule has 1 fully saturated rings. The van der Waals surface area contributed by atoms with Crippen LogP contribution in [0.15, 0.2) is 12.1 Å². The summed E-state index contributed by atoms with van der Waals surface area (Å²) in [6.07, 6.45) is 1.36. The van der Waals surface area contributed by atoms with Crippen molar-refractivity contribution in [3.63, 3.8) is 0 Å². The minimum absolute atomic E-state index is 0.204. The molecule has 0 saturated heterocycles. The van der Waals surface area contributed by atoms with Crippen LogP contribution < -0.4 is 25.3 Å². The fourth-order valence-electron chi connectivity index (χ4n) is 2.11. The number of nitrogens with two attached hydrogens (primary N) is 1. The molecule has 0 aliphatic heterocycles. The van der Waals surface area contributed by atoms with E-state index in [1.54, 1.807) is 12.1 Å². The van der Waals surface area contributed by atoms with E-state index in [1.807, 2.05) is 0 Å². The predicted octanol–water partition coefficient (Wildman–Crippen LogP) is 1.72. The number of carbonyl (C=O) groups is 1. The second-order valence-electron chi connectivity index (χ2n) is 4.81. The quantitative estimate of drug-likeness (QED) is 0.779. The van der Waals surface area contributed by atoms with Gasteiger partial charge in [-0.3, -0.25) is 4.79 Å². The summed E-state index contributed by atoms with van der Waals surface area (Å²) in [4.78, 5) is 12.5. The molecule has 0 aromatic heterocycles. The van der Waals surface area contributed by atoms with Crippen LogP contribution in [-0.2, 0) is 4.79 Å². The zero-order valence-electron chi connectivity index (χ0n) is 12.2. The first-order chi connectivity index (χ1) is 9.98. The van der Waals surface area contributed by atoms with Crippen molar-refractivity contribution < 1.29 is 19.0 Å². The number of amides is 1. The van der Waals surface area contributed by atoms with E-state index in [9.17, 15) is 4.79 Å². The van der Waals surface area contributed by atoms with E-state index in [0.717, 1.165) is 0 Å². The lowest BCUT2D eigenvalue weighted by molar-refractivity contribution is -0.118. The molecule has 0 unspecified atom stereocenters. The van der Waals surface area contributed by atoms with Gasteiger partial charge in [0.15, 0.2) is 11.5 Å². The molecule has 1 aromatic rings. The van der Waals surface area contributed by atoms with Gasteiger partial charge in [0.1, 0.15) is 0 Å². The normalized spacial score (nSPS) is 15.0. The lowest BCUT2D eigenvalue weighted by atomic mass is 10.1. The second-order valence-corrected chi connectivity index (χ2v) is 5.25. The van der Waals surface area contributed by atoms with Crippen molar-refractivity contribution in [3.05, 3.63) is 12.1 Å². The van der Waals surface area contributed by atoms with Gasteiger partial charge in [-0.2, -0.15) is 0 Å². The third-order valence-corrected chi connectivity index (χ3v) is 3.97. The summed E-state index contributed by atoms with van der Waals surface area (Å²) in [6, 6.07) is 3.32. The van der Waals surface area contributed by atoms with Crippen molar-refractivity contribution in [3.8, 4) is 17.2 Å². The van der Waals surface area contributed by atoms with Crippen LogP contribution in [0.4, 0.5) is 5.69 Å². The summed E-state index contributed by atoms with van der Waals surface area (Å²) in [5.41, 5.74) is 5.47. The maximum Gasteiger partial charge on any atom is 0.237 e. The SMILES string of the molecule is COc1cc(NC(=O)C2(C(N)=S)CC2)cc(OC)c1OC. The Bertz CT molecular complexity index is 559. The Kier molecular flexibility index (Phi) is 4.22. The highest BCUT2D eigenvalue weighted by molar-refractivity contribution is 7.80. The molecule has 2 rings (SSSR count). The zero-order valence-corrected chi connectivity index (χ0v) is 13.0. The van der Waals surface area contributed by atoms with E-state index in [0.29, 0.717) is 35.8 Å². The minimum Gasteiger partial charge on any atom is -0.493 e. The first kappa shape index (κ1) is 15.4. The summed E-state index contributed by atoms with van der Waals surface area (Å²) >= 11 is 4.97. The molecule has 1 amide bonds. The summed E-state index contributed by atoms with van der Waals surface area (Å²) in [5, 5.41) is 2.80. The molecule has 7 heteroatoms. The molecule has 6 nitrogen and oxygen atoms in total. The van der Waals surface area contributed by atoms with Crippen molar-refractivity contribution in [2.45, 2.75) is 12.8 Å². The number of nitrogens with one attached hydrogen (secondary N) is 1. The maximum atomic E-state index is 12.3. The average molecular weight is 310 g/mol. The topological polar surface area (TPSA) is 82.8 Å². The monoisotopic (exact) mass is 310 g/mol. The van der Waals surface area contributed by atoms with Gasteiger partial charge in [0, 0.05) is 17.8 Å². The largest absolute Gasteiger partial charge is 0.493 e. The van der Waals surface area contributed by atoms with Crippen LogP contribution in [0.25, 0.3) is 0 Å². The fourth-order valence-corrected chi connectivity index (χ4v) is 2.41. The second kappa shape index (κ2) is 5.77. The van der Waals surface area contributed by atoms with Crippen molar-refractivity contribution in [2.24, 2.45) is 11.1 Å². The van der Waals surface area contributed by atoms with Gasteiger partial charge in [0.2, 0.25) is 11.7 Å². The summed E-state index contributed by atoms with van der Waals surface area (Å²) in [5.74, 6) is 1.19. The molecule has 0 bridgehead atoms. The molecular weight excluding hydrogens is 292 g/mol. The fraction of sp³-hybridized carbons (Fsp3) is 0.429. The number of hydrogen-bond donors (Lipinski definition) is 2. The van der Waals surface area contributed by atoms with Crippen LogP contribution in [-0.4, -0.2) is 32.2 Å². The predicted molar refractivity (Wildman–Crippen MR) is 83.2 cm³/mol. The molecular formula is C14H18N2O4S. The van der Waals surface area contributed by atoms with Gasteiger partial charge in [0.05, 0.1) is 31.7 Å². The van der Waals surface area contributed by atoms with E-state index in [-0.39, 0.29) is 10.9 Å². The maximum absolute atomic E-state index is 12.3. The van der Waals surface area contributed by atoms with Crippen LogP contribution in [0.3, 0.4) is 0 Å². The molecule has 114 valence electrons. The number of benzene rings is 1. The van der Waals surface area contributed by atoms with E-state index in [4.69, 9.17) is 32.2 Å². The van der Waals surface area contributed by atoms with Crippen molar-refractivity contribution in [2.75, 3.05) is 26.6 Å². The van der Waals surface area contributed by atoms with Gasteiger partial charge < -0.3 is 25.3 Å². The number of ether oxygens (including phenoxy) is 3. The van der Waals surface area contributed by atoms with Crippen LogP contribution in [0.5, 0.6) is 17.2 Å². The summed E-state index contributed by atoms with van der Waals surface area (Å²) < 4.78 is 15.7. The number of carbonyl (C=O) groups excluding carboxylic acids is 1. The van der Waals surface area contributed by atoms with Gasteiger partial charge >= 0.3 is 0 Å². The van der Waals surface area contributed by atoms with E-state index >= 15 is 0 Å². The van der Waals surface area contributed by atoms with Crippen LogP contribution >= 0.6 is 12.2 Å². The van der Waals surface area contributed by atoms with Gasteiger partial charge in [-0.05, 0) is 12.8 Å². The van der Waals surface area contributed by atoms with Crippen molar-refractivity contribution in [1.29, 1.82) is 0 Å². The molecule has 1 aliphatic rings. The highest BCUT2D eigenvalue weighted by Crippen LogP contribution is 2.47. The van der Waals surface area contributed by atoms with Crippen molar-refractivity contribution in [1.82, 2.24) is 0 Å². The zero-order chi connectivity index (χ0) is 15.6. The Morgan fingerprint density at radius 2 is 1.71 bits per heavy atom. The highest BCUT2D eigenvalue weighted by atomic mass is 32.1. The van der Waals surface area contributed by atoms with E-state index in [1.165, 1.54) is 21.3 Å². The Morgan fingerprint density at radius 1 is 1.19 bits per heavy atom. The summed E-state index contributed by atoms with van der Waals surface area (Å²) in [7, 11) is 4.55. The lowest BCUT2D eigenvalue weighted by Crippen LogP contribution is -2.35. The number of rotatable bonds is 6. The first-order valence-corrected chi connectivity index (χ1v) is 6.80. The number of anilines is 1. The van der Waals surface area contributed by atoms with Gasteiger partial charge in [-0.1, -0.05) is 12.2 Å². The molecule has 0 heterocycles. The molecule has 1 aliphatic carbocycles. The third-order valence-electron chi connectivity index (χ3n) is 3.58. The van der Waals surface area contributed by atoms with Gasteiger partial charge in [-0.25, -0.2) is 0 Å². The number of thiocarbonyl (C=S) groups is 1. The number of methoxy groups -OCH3 is 3. The lowest BCUT2D eigenvalue weighted by Gasteiger charge is -2.17. The highest BCUT2D eigenvalue weighted by Gasteiger charge is 2.52. The molecule has 0 atom stereocenters. The smallest absolute Gasteiger partial charge is 0.237 e. The first-order valence-electron chi connectivity index (χ1n) is 6.40. The van der Waals surface area contributed by atoms with Crippen LogP contribution in [0.2, 0.25) is 0 Å². The molecule has 3 N–H and O–H groups in total. The molecule has 0 spiro atoms. The van der Waals surface area contributed by atoms with E-state index < -0.39 is 5.41 Å². The van der Waals surface area contributed by atoms with Gasteiger partial charge in [-0.15, -0.1) is 0 Å². The Labute approximate surface area is 128 Å². The summed E-state index contributed by atoms with van der Waals surface area (Å²) in [6.45, 7) is 0. The molecule has 1 saturated carbocycles. The van der Waals surface area contributed by atoms with E-state index in [2.05, 4.69) is 5.32 Å². The van der Waals surface area contributed by atoms with Crippen molar-refractivity contribution >= 4 is 28.8 Å². The van der Waals surface area contributed by atoms with Crippen LogP contribution in [0, 0.1) is 5.41 Å². The van der Waals surface area contributed by atoms with Crippen LogP contribution in [0.1, 0.15) is 12.8 Å². The minimum atomic E-state index is -0.713. The Hall–Kier alpha value is -2.02. The molecule has 21 heavy (non-hydrogen) atoms. The standard InChI is InChI=1S/C14H18N2O4S/c1-18-9-6-8(7-10(19-2)11(9)20-3)16-13(17)14(4-5-14)12(15)21/h6-7H,4-5H2,1-3H3,(H2,15,21)(H,16,17).